The lowest BCUT2D eigenvalue weighted by atomic mass is 9.86. The Balaban J connectivity index is 1.32. The SMILES string of the molecule is Cc1ccccc1C(=O)NCC1CCC(Nc2nc(N(C)C)c3ccccc3n2)CC1. The number of rotatable bonds is 6. The van der Waals surface area contributed by atoms with Gasteiger partial charge in [0, 0.05) is 37.6 Å². The number of fused-ring (bicyclic) bond motifs is 1. The van der Waals surface area contributed by atoms with E-state index in [4.69, 9.17) is 9.97 Å². The summed E-state index contributed by atoms with van der Waals surface area (Å²) in [5.74, 6) is 2.17. The topological polar surface area (TPSA) is 70.2 Å². The average Bonchev–Trinajstić information content (AvgIpc) is 2.78. The van der Waals surface area contributed by atoms with Crippen molar-refractivity contribution in [1.29, 1.82) is 0 Å². The number of amides is 1. The third kappa shape index (κ3) is 4.95. The van der Waals surface area contributed by atoms with Gasteiger partial charge in [0.05, 0.1) is 5.52 Å². The number of anilines is 2. The number of nitrogens with zero attached hydrogens (tertiary/aromatic N) is 3. The molecule has 1 heterocycles. The zero-order valence-corrected chi connectivity index (χ0v) is 18.6. The molecule has 1 fully saturated rings. The first kappa shape index (κ1) is 21.1. The molecule has 0 unspecified atom stereocenters. The van der Waals surface area contributed by atoms with Gasteiger partial charge in [-0.2, -0.15) is 4.98 Å². The molecule has 1 aromatic heterocycles. The smallest absolute Gasteiger partial charge is 0.251 e. The van der Waals surface area contributed by atoms with Crippen molar-refractivity contribution in [2.75, 3.05) is 30.9 Å². The Morgan fingerprint density at radius 3 is 2.45 bits per heavy atom. The van der Waals surface area contributed by atoms with E-state index in [1.807, 2.05) is 68.4 Å². The molecule has 0 atom stereocenters. The molecule has 3 aromatic rings. The van der Waals surface area contributed by atoms with Gasteiger partial charge >= 0.3 is 0 Å². The highest BCUT2D eigenvalue weighted by atomic mass is 16.1. The molecule has 0 spiro atoms. The predicted molar refractivity (Wildman–Crippen MR) is 127 cm³/mol. The fourth-order valence-electron chi connectivity index (χ4n) is 4.32. The Morgan fingerprint density at radius 1 is 1.00 bits per heavy atom. The highest BCUT2D eigenvalue weighted by Crippen LogP contribution is 2.28. The molecular formula is C25H31N5O. The maximum absolute atomic E-state index is 12.5. The molecule has 31 heavy (non-hydrogen) atoms. The van der Waals surface area contributed by atoms with Crippen LogP contribution < -0.4 is 15.5 Å². The third-order valence-electron chi connectivity index (χ3n) is 6.13. The molecule has 1 aliphatic rings. The Labute approximate surface area is 184 Å². The second-order valence-electron chi connectivity index (χ2n) is 8.67. The minimum atomic E-state index is 0.0270. The normalized spacial score (nSPS) is 18.5. The van der Waals surface area contributed by atoms with E-state index >= 15 is 0 Å². The van der Waals surface area contributed by atoms with Crippen molar-refractivity contribution >= 4 is 28.6 Å². The fraction of sp³-hybridized carbons (Fsp3) is 0.400. The van der Waals surface area contributed by atoms with Gasteiger partial charge in [-0.15, -0.1) is 0 Å². The second-order valence-corrected chi connectivity index (χ2v) is 8.67. The van der Waals surface area contributed by atoms with Crippen LogP contribution in [0, 0.1) is 12.8 Å². The van der Waals surface area contributed by atoms with Crippen LogP contribution in [-0.4, -0.2) is 42.6 Å². The van der Waals surface area contributed by atoms with E-state index in [1.165, 1.54) is 0 Å². The molecule has 1 amide bonds. The largest absolute Gasteiger partial charge is 0.362 e. The Hall–Kier alpha value is -3.15. The van der Waals surface area contributed by atoms with Crippen LogP contribution >= 0.6 is 0 Å². The summed E-state index contributed by atoms with van der Waals surface area (Å²) in [4.78, 5) is 24.0. The van der Waals surface area contributed by atoms with E-state index < -0.39 is 0 Å². The molecule has 6 heteroatoms. The number of aromatic nitrogens is 2. The monoisotopic (exact) mass is 417 g/mol. The van der Waals surface area contributed by atoms with Crippen LogP contribution in [0.1, 0.15) is 41.6 Å². The van der Waals surface area contributed by atoms with E-state index in [0.29, 0.717) is 17.9 Å². The van der Waals surface area contributed by atoms with Gasteiger partial charge in [-0.25, -0.2) is 4.98 Å². The van der Waals surface area contributed by atoms with E-state index in [0.717, 1.165) is 60.1 Å². The molecule has 1 saturated carbocycles. The summed E-state index contributed by atoms with van der Waals surface area (Å²) in [7, 11) is 4.02. The number of hydrogen-bond donors (Lipinski definition) is 2. The lowest BCUT2D eigenvalue weighted by molar-refractivity contribution is 0.0942. The van der Waals surface area contributed by atoms with Crippen LogP contribution in [0.25, 0.3) is 10.9 Å². The van der Waals surface area contributed by atoms with Gasteiger partial charge in [-0.1, -0.05) is 30.3 Å². The van der Waals surface area contributed by atoms with E-state index in [2.05, 4.69) is 16.7 Å². The van der Waals surface area contributed by atoms with E-state index in [-0.39, 0.29) is 5.91 Å². The van der Waals surface area contributed by atoms with Crippen molar-refractivity contribution in [2.45, 2.75) is 38.6 Å². The highest BCUT2D eigenvalue weighted by molar-refractivity contribution is 5.95. The quantitative estimate of drug-likeness (QED) is 0.622. The molecule has 162 valence electrons. The van der Waals surface area contributed by atoms with Crippen molar-refractivity contribution in [2.24, 2.45) is 5.92 Å². The standard InChI is InChI=1S/C25H31N5O/c1-17-8-4-5-9-20(17)24(31)26-16-18-12-14-19(15-13-18)27-25-28-22-11-7-6-10-21(22)23(29-25)30(2)3/h4-11,18-19H,12-16H2,1-3H3,(H,26,31)(H,27,28,29). The van der Waals surface area contributed by atoms with Crippen LogP contribution in [-0.2, 0) is 0 Å². The maximum atomic E-state index is 12.5. The van der Waals surface area contributed by atoms with Gasteiger partial charge < -0.3 is 15.5 Å². The summed E-state index contributed by atoms with van der Waals surface area (Å²) >= 11 is 0. The number of aryl methyl sites for hydroxylation is 1. The first-order valence-corrected chi connectivity index (χ1v) is 11.1. The number of benzene rings is 2. The van der Waals surface area contributed by atoms with Gasteiger partial charge in [0.15, 0.2) is 0 Å². The van der Waals surface area contributed by atoms with Gasteiger partial charge in [0.1, 0.15) is 5.82 Å². The van der Waals surface area contributed by atoms with Crippen LogP contribution in [0.5, 0.6) is 0 Å². The summed E-state index contributed by atoms with van der Waals surface area (Å²) in [5.41, 5.74) is 2.74. The molecule has 6 nitrogen and oxygen atoms in total. The second kappa shape index (κ2) is 9.33. The van der Waals surface area contributed by atoms with Crippen LogP contribution in [0.4, 0.5) is 11.8 Å². The molecular weight excluding hydrogens is 386 g/mol. The molecule has 4 rings (SSSR count). The lowest BCUT2D eigenvalue weighted by Gasteiger charge is -2.29. The van der Waals surface area contributed by atoms with E-state index in [9.17, 15) is 4.79 Å². The number of nitrogens with one attached hydrogen (secondary N) is 2. The van der Waals surface area contributed by atoms with Crippen molar-refractivity contribution in [3.05, 3.63) is 59.7 Å². The van der Waals surface area contributed by atoms with E-state index in [1.54, 1.807) is 0 Å². The summed E-state index contributed by atoms with van der Waals surface area (Å²) in [6, 6.07) is 16.2. The fourth-order valence-corrected chi connectivity index (χ4v) is 4.32. The number of carbonyl (C=O) groups excluding carboxylic acids is 1. The molecule has 1 aliphatic carbocycles. The summed E-state index contributed by atoms with van der Waals surface area (Å²) < 4.78 is 0. The molecule has 2 N–H and O–H groups in total. The van der Waals surface area contributed by atoms with Crippen LogP contribution in [0.2, 0.25) is 0 Å². The van der Waals surface area contributed by atoms with Crippen LogP contribution in [0.15, 0.2) is 48.5 Å². The van der Waals surface area contributed by atoms with Gasteiger partial charge in [-0.3, -0.25) is 4.79 Å². The Kier molecular flexibility index (Phi) is 6.35. The summed E-state index contributed by atoms with van der Waals surface area (Å²) in [6.07, 6.45) is 4.27. The molecule has 0 bridgehead atoms. The van der Waals surface area contributed by atoms with Crippen LogP contribution in [0.3, 0.4) is 0 Å². The molecule has 0 saturated heterocycles. The molecule has 0 aliphatic heterocycles. The first-order chi connectivity index (χ1) is 15.0. The number of para-hydroxylation sites is 1. The molecule has 2 aromatic carbocycles. The Bertz CT molecular complexity index is 1060. The maximum Gasteiger partial charge on any atom is 0.251 e. The Morgan fingerprint density at radius 2 is 1.71 bits per heavy atom. The summed E-state index contributed by atoms with van der Waals surface area (Å²) in [5, 5.41) is 7.74. The van der Waals surface area contributed by atoms with Crippen molar-refractivity contribution in [3.63, 3.8) is 0 Å². The van der Waals surface area contributed by atoms with Gasteiger partial charge in [-0.05, 0) is 62.3 Å². The number of hydrogen-bond acceptors (Lipinski definition) is 5. The van der Waals surface area contributed by atoms with Crippen molar-refractivity contribution in [3.8, 4) is 0 Å². The van der Waals surface area contributed by atoms with Crippen molar-refractivity contribution < 1.29 is 4.79 Å². The summed E-state index contributed by atoms with van der Waals surface area (Å²) in [6.45, 7) is 2.71. The zero-order valence-electron chi connectivity index (χ0n) is 18.6. The molecule has 0 radical (unpaired) electrons. The lowest BCUT2D eigenvalue weighted by Crippen LogP contribution is -2.34. The third-order valence-corrected chi connectivity index (χ3v) is 6.13. The first-order valence-electron chi connectivity index (χ1n) is 11.1. The number of carbonyl (C=O) groups is 1. The minimum absolute atomic E-state index is 0.0270. The van der Waals surface area contributed by atoms with Gasteiger partial charge in [0.25, 0.3) is 5.91 Å². The highest BCUT2D eigenvalue weighted by Gasteiger charge is 2.23. The predicted octanol–water partition coefficient (Wildman–Crippen LogP) is 4.40. The zero-order chi connectivity index (χ0) is 21.8. The minimum Gasteiger partial charge on any atom is -0.362 e. The van der Waals surface area contributed by atoms with Crippen molar-refractivity contribution in [1.82, 2.24) is 15.3 Å². The van der Waals surface area contributed by atoms with Gasteiger partial charge in [0.2, 0.25) is 5.95 Å². The average molecular weight is 418 g/mol.